The SMILES string of the molecule is Oc1cccc2c1C1c3ccccc3CCC1NC2. The van der Waals surface area contributed by atoms with E-state index in [0.717, 1.165) is 24.9 Å². The van der Waals surface area contributed by atoms with Crippen LogP contribution < -0.4 is 5.32 Å². The first-order valence-corrected chi connectivity index (χ1v) is 6.96. The van der Waals surface area contributed by atoms with Crippen LogP contribution in [0.3, 0.4) is 0 Å². The quantitative estimate of drug-likeness (QED) is 0.754. The van der Waals surface area contributed by atoms with Crippen LogP contribution in [0.15, 0.2) is 42.5 Å². The molecule has 19 heavy (non-hydrogen) atoms. The summed E-state index contributed by atoms with van der Waals surface area (Å²) in [5.74, 6) is 0.751. The number of benzene rings is 2. The summed E-state index contributed by atoms with van der Waals surface area (Å²) in [6.45, 7) is 0.868. The maximum absolute atomic E-state index is 10.3. The molecule has 2 atom stereocenters. The third-order valence-electron chi connectivity index (χ3n) is 4.56. The second kappa shape index (κ2) is 4.10. The van der Waals surface area contributed by atoms with Crippen molar-refractivity contribution in [2.75, 3.05) is 0 Å². The third kappa shape index (κ3) is 1.60. The van der Waals surface area contributed by atoms with E-state index in [0.29, 0.717) is 17.7 Å². The van der Waals surface area contributed by atoms with Gasteiger partial charge in [-0.1, -0.05) is 36.4 Å². The summed E-state index contributed by atoms with van der Waals surface area (Å²) in [5.41, 5.74) is 5.19. The van der Waals surface area contributed by atoms with E-state index >= 15 is 0 Å². The second-order valence-electron chi connectivity index (χ2n) is 5.55. The number of nitrogens with one attached hydrogen (secondary N) is 1. The predicted octanol–water partition coefficient (Wildman–Crippen LogP) is 2.94. The van der Waals surface area contributed by atoms with Gasteiger partial charge in [0.05, 0.1) is 0 Å². The molecule has 0 amide bonds. The van der Waals surface area contributed by atoms with Crippen LogP contribution in [0.25, 0.3) is 0 Å². The molecule has 1 heterocycles. The lowest BCUT2D eigenvalue weighted by Gasteiger charge is -2.39. The predicted molar refractivity (Wildman–Crippen MR) is 75.3 cm³/mol. The first-order valence-electron chi connectivity index (χ1n) is 6.96. The van der Waals surface area contributed by atoms with E-state index in [1.807, 2.05) is 12.1 Å². The lowest BCUT2D eigenvalue weighted by atomic mass is 9.72. The molecule has 2 aliphatic rings. The van der Waals surface area contributed by atoms with Gasteiger partial charge in [-0.3, -0.25) is 0 Å². The number of hydrogen-bond donors (Lipinski definition) is 2. The first-order chi connectivity index (χ1) is 9.34. The van der Waals surface area contributed by atoms with Gasteiger partial charge in [0.1, 0.15) is 5.75 Å². The summed E-state index contributed by atoms with van der Waals surface area (Å²) in [6, 6.07) is 15.0. The van der Waals surface area contributed by atoms with Crippen LogP contribution in [0.2, 0.25) is 0 Å². The van der Waals surface area contributed by atoms with Crippen molar-refractivity contribution in [3.63, 3.8) is 0 Å². The molecule has 1 aliphatic carbocycles. The fourth-order valence-corrected chi connectivity index (χ4v) is 3.69. The maximum atomic E-state index is 10.3. The van der Waals surface area contributed by atoms with E-state index in [9.17, 15) is 5.11 Å². The molecular weight excluding hydrogens is 234 g/mol. The van der Waals surface area contributed by atoms with E-state index in [-0.39, 0.29) is 0 Å². The summed E-state index contributed by atoms with van der Waals surface area (Å²) < 4.78 is 0. The fraction of sp³-hybridized carbons (Fsp3) is 0.294. The molecule has 2 aromatic carbocycles. The number of phenols is 1. The van der Waals surface area contributed by atoms with Crippen molar-refractivity contribution in [2.24, 2.45) is 0 Å². The number of fused-ring (bicyclic) bond motifs is 5. The van der Waals surface area contributed by atoms with E-state index in [1.165, 1.54) is 16.7 Å². The minimum atomic E-state index is 0.301. The standard InChI is InChI=1S/C17H17NO/c19-15-7-3-5-12-10-18-14-9-8-11-4-1-2-6-13(11)17(14)16(12)15/h1-7,14,17-19H,8-10H2. The van der Waals surface area contributed by atoms with Crippen LogP contribution in [0.4, 0.5) is 0 Å². The smallest absolute Gasteiger partial charge is 0.119 e. The molecule has 0 fully saturated rings. The van der Waals surface area contributed by atoms with Gasteiger partial charge in [-0.15, -0.1) is 0 Å². The molecule has 1 aliphatic heterocycles. The molecule has 0 aromatic heterocycles. The average Bonchev–Trinajstić information content (AvgIpc) is 2.47. The Bertz CT molecular complexity index is 635. The highest BCUT2D eigenvalue weighted by molar-refractivity contribution is 5.52. The topological polar surface area (TPSA) is 32.3 Å². The Morgan fingerprint density at radius 2 is 1.84 bits per heavy atom. The van der Waals surface area contributed by atoms with E-state index in [2.05, 4.69) is 35.6 Å². The Labute approximate surface area is 113 Å². The molecule has 0 saturated carbocycles. The van der Waals surface area contributed by atoms with E-state index < -0.39 is 0 Å². The molecule has 4 rings (SSSR count). The number of phenolic OH excluding ortho intramolecular Hbond substituents is 1. The van der Waals surface area contributed by atoms with Crippen LogP contribution in [0.1, 0.15) is 34.6 Å². The third-order valence-corrected chi connectivity index (χ3v) is 4.56. The Morgan fingerprint density at radius 3 is 2.79 bits per heavy atom. The summed E-state index contributed by atoms with van der Waals surface area (Å²) in [6.07, 6.45) is 2.28. The first kappa shape index (κ1) is 11.1. The molecule has 2 N–H and O–H groups in total. The zero-order chi connectivity index (χ0) is 12.8. The van der Waals surface area contributed by atoms with Gasteiger partial charge in [0, 0.05) is 24.1 Å². The van der Waals surface area contributed by atoms with Crippen molar-refractivity contribution in [3.8, 4) is 5.75 Å². The number of aryl methyl sites for hydroxylation is 1. The summed E-state index contributed by atoms with van der Waals surface area (Å²) in [7, 11) is 0. The largest absolute Gasteiger partial charge is 0.508 e. The molecular formula is C17H17NO. The molecule has 2 nitrogen and oxygen atoms in total. The van der Waals surface area contributed by atoms with Crippen molar-refractivity contribution < 1.29 is 5.11 Å². The van der Waals surface area contributed by atoms with Crippen LogP contribution in [0, 0.1) is 0 Å². The van der Waals surface area contributed by atoms with Crippen LogP contribution in [-0.2, 0) is 13.0 Å². The van der Waals surface area contributed by atoms with Gasteiger partial charge in [0.25, 0.3) is 0 Å². The van der Waals surface area contributed by atoms with Crippen LogP contribution in [0.5, 0.6) is 5.75 Å². The second-order valence-corrected chi connectivity index (χ2v) is 5.55. The number of hydrogen-bond acceptors (Lipinski definition) is 2. The Balaban J connectivity index is 1.95. The highest BCUT2D eigenvalue weighted by Crippen LogP contribution is 2.44. The zero-order valence-corrected chi connectivity index (χ0v) is 10.8. The lowest BCUT2D eigenvalue weighted by molar-refractivity contribution is 0.376. The van der Waals surface area contributed by atoms with E-state index in [4.69, 9.17) is 0 Å². The summed E-state index contributed by atoms with van der Waals surface area (Å²) in [5, 5.41) is 13.9. The van der Waals surface area contributed by atoms with Crippen LogP contribution >= 0.6 is 0 Å². The molecule has 0 spiro atoms. The Hall–Kier alpha value is -1.80. The molecule has 2 aromatic rings. The van der Waals surface area contributed by atoms with Gasteiger partial charge in [-0.2, -0.15) is 0 Å². The fourth-order valence-electron chi connectivity index (χ4n) is 3.69. The van der Waals surface area contributed by atoms with Crippen molar-refractivity contribution in [1.82, 2.24) is 5.32 Å². The normalized spacial score (nSPS) is 24.2. The van der Waals surface area contributed by atoms with Crippen molar-refractivity contribution in [1.29, 1.82) is 0 Å². The van der Waals surface area contributed by atoms with Crippen LogP contribution in [-0.4, -0.2) is 11.1 Å². The molecule has 0 saturated heterocycles. The monoisotopic (exact) mass is 251 g/mol. The molecule has 2 unspecified atom stereocenters. The van der Waals surface area contributed by atoms with Crippen molar-refractivity contribution >= 4 is 0 Å². The highest BCUT2D eigenvalue weighted by atomic mass is 16.3. The van der Waals surface area contributed by atoms with Gasteiger partial charge < -0.3 is 10.4 Å². The number of aromatic hydroxyl groups is 1. The molecule has 2 heteroatoms. The highest BCUT2D eigenvalue weighted by Gasteiger charge is 2.36. The van der Waals surface area contributed by atoms with Gasteiger partial charge in [-0.05, 0) is 35.6 Å². The van der Waals surface area contributed by atoms with Gasteiger partial charge in [-0.25, -0.2) is 0 Å². The number of rotatable bonds is 0. The van der Waals surface area contributed by atoms with Gasteiger partial charge in [0.15, 0.2) is 0 Å². The minimum absolute atomic E-state index is 0.301. The van der Waals surface area contributed by atoms with Crippen molar-refractivity contribution in [2.45, 2.75) is 31.3 Å². The summed E-state index contributed by atoms with van der Waals surface area (Å²) in [4.78, 5) is 0. The average molecular weight is 251 g/mol. The maximum Gasteiger partial charge on any atom is 0.119 e. The zero-order valence-electron chi connectivity index (χ0n) is 10.8. The van der Waals surface area contributed by atoms with Gasteiger partial charge >= 0.3 is 0 Å². The molecule has 96 valence electrons. The molecule has 0 radical (unpaired) electrons. The van der Waals surface area contributed by atoms with Crippen molar-refractivity contribution in [3.05, 3.63) is 64.7 Å². The molecule has 0 bridgehead atoms. The summed E-state index contributed by atoms with van der Waals surface area (Å²) >= 11 is 0. The lowest BCUT2D eigenvalue weighted by Crippen LogP contribution is -2.42. The Morgan fingerprint density at radius 1 is 1.00 bits per heavy atom. The minimum Gasteiger partial charge on any atom is -0.508 e. The van der Waals surface area contributed by atoms with Gasteiger partial charge in [0.2, 0.25) is 0 Å². The van der Waals surface area contributed by atoms with E-state index in [1.54, 1.807) is 0 Å². The Kier molecular flexibility index (Phi) is 2.39.